The lowest BCUT2D eigenvalue weighted by molar-refractivity contribution is -0.116. The topological polar surface area (TPSA) is 76.7 Å². The van der Waals surface area contributed by atoms with E-state index in [0.717, 1.165) is 38.0 Å². The SMILES string of the molecule is COc1ccc(C2CC(=O)C3=C(C2)NC(C)=C(C(=O)Nc2ccccc2C)C3c2ccc(C)s2)cc1OC. The highest BCUT2D eigenvalue weighted by Crippen LogP contribution is 2.47. The molecule has 6 nitrogen and oxygen atoms in total. The molecule has 2 N–H and O–H groups in total. The second-order valence-corrected chi connectivity index (χ2v) is 11.2. The fourth-order valence-corrected chi connectivity index (χ4v) is 6.48. The summed E-state index contributed by atoms with van der Waals surface area (Å²) in [6, 6.07) is 17.6. The summed E-state index contributed by atoms with van der Waals surface area (Å²) >= 11 is 1.63. The molecule has 0 radical (unpaired) electrons. The Labute approximate surface area is 227 Å². The third-order valence-electron chi connectivity index (χ3n) is 7.39. The molecule has 1 aliphatic heterocycles. The van der Waals surface area contributed by atoms with E-state index in [4.69, 9.17) is 9.47 Å². The maximum atomic E-state index is 13.9. The molecule has 1 aliphatic carbocycles. The number of ketones is 1. The maximum Gasteiger partial charge on any atom is 0.254 e. The van der Waals surface area contributed by atoms with Crippen molar-refractivity contribution < 1.29 is 19.1 Å². The molecule has 2 aromatic carbocycles. The van der Waals surface area contributed by atoms with E-state index in [1.807, 2.05) is 75.4 Å². The van der Waals surface area contributed by atoms with E-state index in [1.165, 1.54) is 0 Å². The van der Waals surface area contributed by atoms with Crippen molar-refractivity contribution in [1.82, 2.24) is 5.32 Å². The molecule has 0 saturated heterocycles. The second kappa shape index (κ2) is 10.5. The summed E-state index contributed by atoms with van der Waals surface area (Å²) in [6.45, 7) is 5.94. The molecule has 1 aromatic heterocycles. The zero-order valence-electron chi connectivity index (χ0n) is 22.3. The first-order chi connectivity index (χ1) is 18.3. The van der Waals surface area contributed by atoms with Gasteiger partial charge in [0.05, 0.1) is 20.1 Å². The van der Waals surface area contributed by atoms with Gasteiger partial charge in [0.25, 0.3) is 5.91 Å². The van der Waals surface area contributed by atoms with Gasteiger partial charge in [0, 0.05) is 44.4 Å². The number of ether oxygens (including phenoxy) is 2. The number of thiophene rings is 1. The van der Waals surface area contributed by atoms with Crippen LogP contribution in [0.15, 0.2) is 77.1 Å². The Morgan fingerprint density at radius 3 is 2.42 bits per heavy atom. The number of Topliss-reactive ketones (excluding diaryl/α,β-unsaturated/α-hetero) is 1. The minimum atomic E-state index is -0.409. The molecule has 2 aliphatic rings. The van der Waals surface area contributed by atoms with Gasteiger partial charge in [0.1, 0.15) is 0 Å². The van der Waals surface area contributed by atoms with Crippen molar-refractivity contribution in [1.29, 1.82) is 0 Å². The van der Waals surface area contributed by atoms with Crippen LogP contribution in [0.25, 0.3) is 0 Å². The summed E-state index contributed by atoms with van der Waals surface area (Å²) in [7, 11) is 3.22. The van der Waals surface area contributed by atoms with E-state index in [2.05, 4.69) is 10.6 Å². The van der Waals surface area contributed by atoms with Gasteiger partial charge in [0.2, 0.25) is 0 Å². The van der Waals surface area contributed by atoms with Crippen LogP contribution >= 0.6 is 11.3 Å². The summed E-state index contributed by atoms with van der Waals surface area (Å²) in [4.78, 5) is 29.8. The van der Waals surface area contributed by atoms with Gasteiger partial charge >= 0.3 is 0 Å². The van der Waals surface area contributed by atoms with Crippen LogP contribution in [0.3, 0.4) is 0 Å². The number of benzene rings is 2. The molecular formula is C31H32N2O4S. The van der Waals surface area contributed by atoms with Crippen molar-refractivity contribution in [3.63, 3.8) is 0 Å². The molecule has 196 valence electrons. The third-order valence-corrected chi connectivity index (χ3v) is 8.46. The van der Waals surface area contributed by atoms with Crippen LogP contribution in [-0.2, 0) is 9.59 Å². The quantitative estimate of drug-likeness (QED) is 0.388. The van der Waals surface area contributed by atoms with Gasteiger partial charge in [-0.05, 0) is 74.6 Å². The van der Waals surface area contributed by atoms with Gasteiger partial charge in [-0.1, -0.05) is 24.3 Å². The van der Waals surface area contributed by atoms with E-state index < -0.39 is 5.92 Å². The summed E-state index contributed by atoms with van der Waals surface area (Å²) in [5, 5.41) is 6.56. The van der Waals surface area contributed by atoms with Crippen molar-refractivity contribution in [3.8, 4) is 11.5 Å². The first-order valence-corrected chi connectivity index (χ1v) is 13.5. The number of dihydropyridines is 1. The maximum absolute atomic E-state index is 13.9. The summed E-state index contributed by atoms with van der Waals surface area (Å²) in [5.41, 5.74) is 5.72. The van der Waals surface area contributed by atoms with Crippen molar-refractivity contribution in [2.45, 2.75) is 45.4 Å². The molecule has 0 bridgehead atoms. The van der Waals surface area contributed by atoms with Crippen molar-refractivity contribution in [2.24, 2.45) is 0 Å². The lowest BCUT2D eigenvalue weighted by Crippen LogP contribution is -2.36. The number of carbonyl (C=O) groups is 2. The normalized spacial score (nSPS) is 19.1. The Hall–Kier alpha value is -3.84. The highest BCUT2D eigenvalue weighted by atomic mass is 32.1. The van der Waals surface area contributed by atoms with Crippen LogP contribution < -0.4 is 20.1 Å². The standard InChI is InChI=1S/C31H32N2O4S/c1-17-8-6-7-9-22(17)33-31(35)28-19(3)32-23-14-21(20-11-12-25(36-4)26(16-20)37-5)15-24(34)29(23)30(28)27-13-10-18(2)38-27/h6-13,16,21,30,32H,14-15H2,1-5H3,(H,33,35). The van der Waals surface area contributed by atoms with Crippen LogP contribution in [0.1, 0.15) is 52.5 Å². The number of para-hydroxylation sites is 1. The molecule has 0 saturated carbocycles. The fourth-order valence-electron chi connectivity index (χ4n) is 5.48. The third kappa shape index (κ3) is 4.74. The summed E-state index contributed by atoms with van der Waals surface area (Å²) in [5.74, 6) is 0.754. The molecular weight excluding hydrogens is 496 g/mol. The molecule has 2 atom stereocenters. The monoisotopic (exact) mass is 528 g/mol. The first kappa shape index (κ1) is 25.8. The van der Waals surface area contributed by atoms with Gasteiger partial charge in [-0.15, -0.1) is 11.3 Å². The number of methoxy groups -OCH3 is 2. The van der Waals surface area contributed by atoms with Gasteiger partial charge in [0.15, 0.2) is 17.3 Å². The Balaban J connectivity index is 1.53. The van der Waals surface area contributed by atoms with E-state index in [-0.39, 0.29) is 17.6 Å². The van der Waals surface area contributed by atoms with Crippen LogP contribution in [0.4, 0.5) is 5.69 Å². The molecule has 5 rings (SSSR count). The Bertz CT molecular complexity index is 1480. The molecule has 2 heterocycles. The molecule has 2 unspecified atom stereocenters. The lowest BCUT2D eigenvalue weighted by atomic mass is 9.73. The zero-order chi connectivity index (χ0) is 27.0. The average molecular weight is 529 g/mol. The summed E-state index contributed by atoms with van der Waals surface area (Å²) < 4.78 is 10.9. The van der Waals surface area contributed by atoms with Crippen LogP contribution in [0, 0.1) is 13.8 Å². The minimum absolute atomic E-state index is 0.00516. The predicted molar refractivity (Wildman–Crippen MR) is 151 cm³/mol. The van der Waals surface area contributed by atoms with Gasteiger partial charge in [-0.25, -0.2) is 0 Å². The molecule has 0 spiro atoms. The Kier molecular flexibility index (Phi) is 7.13. The van der Waals surface area contributed by atoms with E-state index >= 15 is 0 Å². The predicted octanol–water partition coefficient (Wildman–Crippen LogP) is 6.38. The molecule has 3 aromatic rings. The minimum Gasteiger partial charge on any atom is -0.493 e. The Morgan fingerprint density at radius 2 is 1.74 bits per heavy atom. The number of amides is 1. The lowest BCUT2D eigenvalue weighted by Gasteiger charge is -2.36. The van der Waals surface area contributed by atoms with Gasteiger partial charge in [-0.2, -0.15) is 0 Å². The van der Waals surface area contributed by atoms with Crippen LogP contribution in [0.5, 0.6) is 11.5 Å². The number of nitrogens with one attached hydrogen (secondary N) is 2. The highest BCUT2D eigenvalue weighted by molar-refractivity contribution is 7.12. The fraction of sp³-hybridized carbons (Fsp3) is 0.290. The number of hydrogen-bond donors (Lipinski definition) is 2. The number of allylic oxidation sites excluding steroid dienone is 3. The van der Waals surface area contributed by atoms with E-state index in [9.17, 15) is 9.59 Å². The number of anilines is 1. The van der Waals surface area contributed by atoms with Gasteiger partial charge in [-0.3, -0.25) is 9.59 Å². The number of hydrogen-bond acceptors (Lipinski definition) is 6. The summed E-state index contributed by atoms with van der Waals surface area (Å²) in [6.07, 6.45) is 1.03. The first-order valence-electron chi connectivity index (χ1n) is 12.7. The van der Waals surface area contributed by atoms with Crippen LogP contribution in [0.2, 0.25) is 0 Å². The zero-order valence-corrected chi connectivity index (χ0v) is 23.1. The molecule has 7 heteroatoms. The van der Waals surface area contributed by atoms with E-state index in [0.29, 0.717) is 35.5 Å². The number of rotatable bonds is 6. The Morgan fingerprint density at radius 1 is 0.974 bits per heavy atom. The second-order valence-electron chi connectivity index (χ2n) is 9.85. The van der Waals surface area contributed by atoms with Gasteiger partial charge < -0.3 is 20.1 Å². The van der Waals surface area contributed by atoms with Crippen molar-refractivity contribution in [3.05, 3.63) is 98.0 Å². The van der Waals surface area contributed by atoms with E-state index in [1.54, 1.807) is 25.6 Å². The number of aryl methyl sites for hydroxylation is 2. The van der Waals surface area contributed by atoms with Crippen molar-refractivity contribution in [2.75, 3.05) is 19.5 Å². The number of carbonyl (C=O) groups excluding carboxylic acids is 2. The molecule has 0 fully saturated rings. The largest absolute Gasteiger partial charge is 0.493 e. The molecule has 1 amide bonds. The average Bonchev–Trinajstić information content (AvgIpc) is 3.34. The molecule has 38 heavy (non-hydrogen) atoms. The smallest absolute Gasteiger partial charge is 0.254 e. The van der Waals surface area contributed by atoms with Crippen molar-refractivity contribution >= 4 is 28.7 Å². The van der Waals surface area contributed by atoms with Crippen LogP contribution in [-0.4, -0.2) is 25.9 Å². The highest BCUT2D eigenvalue weighted by Gasteiger charge is 2.41.